The van der Waals surface area contributed by atoms with Gasteiger partial charge < -0.3 is 4.74 Å². The zero-order valence-electron chi connectivity index (χ0n) is 17.1. The molecule has 0 bridgehead atoms. The monoisotopic (exact) mass is 421 g/mol. The Balaban J connectivity index is 1.52. The quantitative estimate of drug-likeness (QED) is 0.267. The van der Waals surface area contributed by atoms with Crippen molar-refractivity contribution in [3.8, 4) is 5.75 Å². The van der Waals surface area contributed by atoms with Crippen LogP contribution in [0.4, 0.5) is 0 Å². The summed E-state index contributed by atoms with van der Waals surface area (Å²) in [6, 6.07) is 27.8. The lowest BCUT2D eigenvalue weighted by atomic mass is 10.0. The molecule has 5 heteroatoms. The number of amides is 2. The molecule has 1 atom stereocenters. The van der Waals surface area contributed by atoms with E-state index in [4.69, 9.17) is 4.74 Å². The molecule has 0 saturated heterocycles. The van der Waals surface area contributed by atoms with Crippen LogP contribution in [0.25, 0.3) is 10.8 Å². The van der Waals surface area contributed by atoms with Crippen LogP contribution in [0.3, 0.4) is 0 Å². The molecule has 0 radical (unpaired) electrons. The standard InChI is InChI=1S/C27H19NO4/c29-25-21-14-6-7-15-22(21)26(30)28(25)23(17-18-9-2-1-3-10-18)27(31)32-24-16-8-12-19-11-4-5-13-20(19)24/h1-16,23H,17H2/t23-/m0/s1. The average Bonchev–Trinajstić information content (AvgIpc) is 3.08. The Kier molecular flexibility index (Phi) is 5.00. The second kappa shape index (κ2) is 8.12. The van der Waals surface area contributed by atoms with Gasteiger partial charge in [0.25, 0.3) is 11.8 Å². The van der Waals surface area contributed by atoms with E-state index < -0.39 is 23.8 Å². The molecule has 1 aliphatic heterocycles. The van der Waals surface area contributed by atoms with Crippen LogP contribution in [0, 0.1) is 0 Å². The zero-order valence-corrected chi connectivity index (χ0v) is 17.1. The Morgan fingerprint density at radius 1 is 0.719 bits per heavy atom. The highest BCUT2D eigenvalue weighted by Gasteiger charge is 2.43. The van der Waals surface area contributed by atoms with E-state index in [-0.39, 0.29) is 6.42 Å². The van der Waals surface area contributed by atoms with Gasteiger partial charge in [-0.25, -0.2) is 4.79 Å². The molecule has 0 aliphatic carbocycles. The smallest absolute Gasteiger partial charge is 0.335 e. The Bertz CT molecular complexity index is 1310. The maximum atomic E-state index is 13.4. The Morgan fingerprint density at radius 3 is 2.03 bits per heavy atom. The third kappa shape index (κ3) is 3.44. The molecular formula is C27H19NO4. The lowest BCUT2D eigenvalue weighted by Gasteiger charge is -2.25. The van der Waals surface area contributed by atoms with Gasteiger partial charge in [0.1, 0.15) is 11.8 Å². The molecule has 0 N–H and O–H groups in total. The van der Waals surface area contributed by atoms with Crippen LogP contribution in [0.2, 0.25) is 0 Å². The number of hydrogen-bond acceptors (Lipinski definition) is 4. The number of benzene rings is 4. The fraction of sp³-hybridized carbons (Fsp3) is 0.0741. The number of nitrogens with zero attached hydrogens (tertiary/aromatic N) is 1. The molecule has 156 valence electrons. The SMILES string of the molecule is O=C(Oc1cccc2ccccc12)[C@H](Cc1ccccc1)N1C(=O)c2ccccc2C1=O. The Hall–Kier alpha value is -4.25. The Morgan fingerprint density at radius 2 is 1.31 bits per heavy atom. The highest BCUT2D eigenvalue weighted by molar-refractivity contribution is 6.22. The van der Waals surface area contributed by atoms with E-state index in [9.17, 15) is 14.4 Å². The third-order valence-corrected chi connectivity index (χ3v) is 5.64. The molecule has 1 aliphatic rings. The molecule has 0 unspecified atom stereocenters. The number of hydrogen-bond donors (Lipinski definition) is 0. The van der Waals surface area contributed by atoms with E-state index in [2.05, 4.69) is 0 Å². The molecule has 0 saturated carbocycles. The van der Waals surface area contributed by atoms with Crippen LogP contribution in [0.15, 0.2) is 97.1 Å². The minimum Gasteiger partial charge on any atom is -0.424 e. The van der Waals surface area contributed by atoms with Crippen LogP contribution >= 0.6 is 0 Å². The first-order valence-electron chi connectivity index (χ1n) is 10.3. The van der Waals surface area contributed by atoms with Crippen molar-refractivity contribution in [2.75, 3.05) is 0 Å². The summed E-state index contributed by atoms with van der Waals surface area (Å²) in [6.45, 7) is 0. The molecule has 4 aromatic rings. The zero-order chi connectivity index (χ0) is 22.1. The van der Waals surface area contributed by atoms with Crippen LogP contribution in [-0.2, 0) is 11.2 Å². The summed E-state index contributed by atoms with van der Waals surface area (Å²) >= 11 is 0. The van der Waals surface area contributed by atoms with Gasteiger partial charge in [0.15, 0.2) is 0 Å². The second-order valence-corrected chi connectivity index (χ2v) is 7.63. The highest BCUT2D eigenvalue weighted by Crippen LogP contribution is 2.29. The first kappa shape index (κ1) is 19.7. The van der Waals surface area contributed by atoms with E-state index in [1.807, 2.05) is 60.7 Å². The summed E-state index contributed by atoms with van der Waals surface area (Å²) in [4.78, 5) is 40.7. The van der Waals surface area contributed by atoms with Gasteiger partial charge in [-0.1, -0.05) is 78.9 Å². The number of esters is 1. The lowest BCUT2D eigenvalue weighted by Crippen LogP contribution is -2.48. The van der Waals surface area contributed by atoms with Crippen LogP contribution < -0.4 is 4.74 Å². The van der Waals surface area contributed by atoms with Crippen molar-refractivity contribution in [3.63, 3.8) is 0 Å². The van der Waals surface area contributed by atoms with Crippen LogP contribution in [0.1, 0.15) is 26.3 Å². The van der Waals surface area contributed by atoms with E-state index in [1.165, 1.54) is 0 Å². The van der Waals surface area contributed by atoms with Gasteiger partial charge in [0.2, 0.25) is 0 Å². The van der Waals surface area contributed by atoms with E-state index >= 15 is 0 Å². The maximum absolute atomic E-state index is 13.4. The number of carbonyl (C=O) groups is 3. The molecule has 4 aromatic carbocycles. The number of fused-ring (bicyclic) bond motifs is 2. The van der Waals surface area contributed by atoms with Gasteiger partial charge in [0.05, 0.1) is 11.1 Å². The predicted octanol–water partition coefficient (Wildman–Crippen LogP) is 4.65. The van der Waals surface area contributed by atoms with Gasteiger partial charge in [-0.05, 0) is 29.1 Å². The largest absolute Gasteiger partial charge is 0.424 e. The topological polar surface area (TPSA) is 63.7 Å². The summed E-state index contributed by atoms with van der Waals surface area (Å²) < 4.78 is 5.78. The molecule has 5 nitrogen and oxygen atoms in total. The van der Waals surface area contributed by atoms with Gasteiger partial charge in [-0.15, -0.1) is 0 Å². The van der Waals surface area contributed by atoms with E-state index in [0.29, 0.717) is 16.9 Å². The van der Waals surface area contributed by atoms with E-state index in [0.717, 1.165) is 21.2 Å². The highest BCUT2D eigenvalue weighted by atomic mass is 16.5. The summed E-state index contributed by atoms with van der Waals surface area (Å²) in [7, 11) is 0. The van der Waals surface area contributed by atoms with Crippen molar-refractivity contribution >= 4 is 28.6 Å². The molecule has 0 aromatic heterocycles. The fourth-order valence-corrected chi connectivity index (χ4v) is 4.07. The Labute approximate surface area is 184 Å². The fourth-order valence-electron chi connectivity index (χ4n) is 4.07. The molecular weight excluding hydrogens is 402 g/mol. The van der Waals surface area contributed by atoms with Crippen molar-refractivity contribution in [3.05, 3.63) is 114 Å². The van der Waals surface area contributed by atoms with Crippen molar-refractivity contribution < 1.29 is 19.1 Å². The molecule has 1 heterocycles. The summed E-state index contributed by atoms with van der Waals surface area (Å²) in [5.74, 6) is -1.23. The second-order valence-electron chi connectivity index (χ2n) is 7.63. The molecule has 0 spiro atoms. The summed E-state index contributed by atoms with van der Waals surface area (Å²) in [5, 5.41) is 1.71. The number of ether oxygens (including phenoxy) is 1. The molecule has 2 amide bonds. The van der Waals surface area contributed by atoms with Crippen molar-refractivity contribution in [1.29, 1.82) is 0 Å². The third-order valence-electron chi connectivity index (χ3n) is 5.64. The van der Waals surface area contributed by atoms with Crippen molar-refractivity contribution in [2.24, 2.45) is 0 Å². The first-order valence-corrected chi connectivity index (χ1v) is 10.3. The normalized spacial score (nSPS) is 13.8. The minimum absolute atomic E-state index is 0.163. The average molecular weight is 421 g/mol. The molecule has 32 heavy (non-hydrogen) atoms. The first-order chi connectivity index (χ1) is 15.6. The lowest BCUT2D eigenvalue weighted by molar-refractivity contribution is -0.138. The van der Waals surface area contributed by atoms with Gasteiger partial charge in [-0.2, -0.15) is 0 Å². The number of imide groups is 1. The summed E-state index contributed by atoms with van der Waals surface area (Å²) in [6.07, 6.45) is 0.163. The van der Waals surface area contributed by atoms with Crippen LogP contribution in [0.5, 0.6) is 5.75 Å². The van der Waals surface area contributed by atoms with Crippen molar-refractivity contribution in [1.82, 2.24) is 4.90 Å². The van der Waals surface area contributed by atoms with Gasteiger partial charge in [0, 0.05) is 11.8 Å². The number of carbonyl (C=O) groups excluding carboxylic acids is 3. The van der Waals surface area contributed by atoms with Gasteiger partial charge in [-0.3, -0.25) is 14.5 Å². The molecule has 5 rings (SSSR count). The maximum Gasteiger partial charge on any atom is 0.335 e. The van der Waals surface area contributed by atoms with Gasteiger partial charge >= 0.3 is 5.97 Å². The minimum atomic E-state index is -1.09. The van der Waals surface area contributed by atoms with Crippen molar-refractivity contribution in [2.45, 2.75) is 12.5 Å². The predicted molar refractivity (Wildman–Crippen MR) is 120 cm³/mol. The van der Waals surface area contributed by atoms with Crippen LogP contribution in [-0.4, -0.2) is 28.7 Å². The summed E-state index contributed by atoms with van der Waals surface area (Å²) in [5.41, 5.74) is 1.42. The van der Waals surface area contributed by atoms with E-state index in [1.54, 1.807) is 36.4 Å². The number of rotatable bonds is 5. The molecule has 0 fully saturated rings.